The molecule has 1 aliphatic heterocycles. The Kier molecular flexibility index (Phi) is 6.72. The van der Waals surface area contributed by atoms with Gasteiger partial charge in [0.1, 0.15) is 6.04 Å². The normalized spacial score (nSPS) is 19.7. The Hall–Kier alpha value is -1.10. The second kappa shape index (κ2) is 8.08. The van der Waals surface area contributed by atoms with Crippen molar-refractivity contribution in [1.82, 2.24) is 4.90 Å². The van der Waals surface area contributed by atoms with Crippen LogP contribution in [0.15, 0.2) is 0 Å². The molecular weight excluding hydrogens is 234 g/mol. The second-order valence-electron chi connectivity index (χ2n) is 4.48. The number of esters is 1. The minimum absolute atomic E-state index is 0.0128. The van der Waals surface area contributed by atoms with Crippen LogP contribution in [-0.4, -0.2) is 49.7 Å². The number of carbonyl (C=O) groups is 2. The molecular formula is C13H23NO4. The Morgan fingerprint density at radius 2 is 2.06 bits per heavy atom. The molecule has 1 amide bonds. The Morgan fingerprint density at radius 3 is 2.72 bits per heavy atom. The average molecular weight is 257 g/mol. The van der Waals surface area contributed by atoms with Gasteiger partial charge < -0.3 is 14.4 Å². The van der Waals surface area contributed by atoms with E-state index in [1.54, 1.807) is 4.90 Å². The fourth-order valence-electron chi connectivity index (χ4n) is 2.16. The SMILES string of the molecule is CCCOCCC(=O)N1CCCCC1C(=O)OC. The number of hydrogen-bond acceptors (Lipinski definition) is 4. The number of carbonyl (C=O) groups excluding carboxylic acids is 2. The first-order valence-electron chi connectivity index (χ1n) is 6.65. The molecule has 0 radical (unpaired) electrons. The lowest BCUT2D eigenvalue weighted by molar-refractivity contribution is -0.155. The van der Waals surface area contributed by atoms with E-state index in [9.17, 15) is 9.59 Å². The molecule has 1 rings (SSSR count). The van der Waals surface area contributed by atoms with Crippen molar-refractivity contribution in [3.63, 3.8) is 0 Å². The first-order chi connectivity index (χ1) is 8.70. The van der Waals surface area contributed by atoms with E-state index in [4.69, 9.17) is 9.47 Å². The Morgan fingerprint density at radius 1 is 1.28 bits per heavy atom. The fourth-order valence-corrected chi connectivity index (χ4v) is 2.16. The summed E-state index contributed by atoms with van der Waals surface area (Å²) in [5, 5.41) is 0. The number of rotatable bonds is 6. The van der Waals surface area contributed by atoms with Gasteiger partial charge in [0.15, 0.2) is 0 Å². The number of likely N-dealkylation sites (tertiary alicyclic amines) is 1. The molecule has 1 saturated heterocycles. The summed E-state index contributed by atoms with van der Waals surface area (Å²) < 4.78 is 10.1. The van der Waals surface area contributed by atoms with Crippen LogP contribution in [0.5, 0.6) is 0 Å². The van der Waals surface area contributed by atoms with E-state index >= 15 is 0 Å². The summed E-state index contributed by atoms with van der Waals surface area (Å²) >= 11 is 0. The van der Waals surface area contributed by atoms with Crippen LogP contribution in [-0.2, 0) is 19.1 Å². The average Bonchev–Trinajstić information content (AvgIpc) is 2.42. The maximum Gasteiger partial charge on any atom is 0.328 e. The maximum absolute atomic E-state index is 12.0. The van der Waals surface area contributed by atoms with Gasteiger partial charge in [0.05, 0.1) is 20.1 Å². The van der Waals surface area contributed by atoms with E-state index < -0.39 is 6.04 Å². The molecule has 0 aliphatic carbocycles. The number of piperidine rings is 1. The summed E-state index contributed by atoms with van der Waals surface area (Å²) in [7, 11) is 1.37. The van der Waals surface area contributed by atoms with Gasteiger partial charge in [0.2, 0.25) is 5.91 Å². The van der Waals surface area contributed by atoms with E-state index in [0.717, 1.165) is 19.3 Å². The molecule has 0 aromatic rings. The number of methoxy groups -OCH3 is 1. The van der Waals surface area contributed by atoms with Gasteiger partial charge in [-0.05, 0) is 25.7 Å². The van der Waals surface area contributed by atoms with Gasteiger partial charge in [-0.25, -0.2) is 4.79 Å². The highest BCUT2D eigenvalue weighted by atomic mass is 16.5. The van der Waals surface area contributed by atoms with Gasteiger partial charge in [-0.15, -0.1) is 0 Å². The van der Waals surface area contributed by atoms with Crippen molar-refractivity contribution in [2.24, 2.45) is 0 Å². The van der Waals surface area contributed by atoms with Crippen molar-refractivity contribution in [2.45, 2.75) is 45.1 Å². The zero-order chi connectivity index (χ0) is 13.4. The van der Waals surface area contributed by atoms with Crippen LogP contribution < -0.4 is 0 Å². The monoisotopic (exact) mass is 257 g/mol. The minimum Gasteiger partial charge on any atom is -0.467 e. The predicted octanol–water partition coefficient (Wildman–Crippen LogP) is 1.36. The highest BCUT2D eigenvalue weighted by Crippen LogP contribution is 2.19. The first kappa shape index (κ1) is 15.0. The summed E-state index contributed by atoms with van der Waals surface area (Å²) in [6, 6.07) is -0.401. The lowest BCUT2D eigenvalue weighted by atomic mass is 10.0. The van der Waals surface area contributed by atoms with Gasteiger partial charge in [0.25, 0.3) is 0 Å². The molecule has 1 fully saturated rings. The molecule has 0 saturated carbocycles. The van der Waals surface area contributed by atoms with E-state index in [-0.39, 0.29) is 11.9 Å². The van der Waals surface area contributed by atoms with E-state index in [1.807, 2.05) is 6.92 Å². The molecule has 0 aromatic heterocycles. The van der Waals surface area contributed by atoms with Crippen LogP contribution in [0, 0.1) is 0 Å². The van der Waals surface area contributed by atoms with Gasteiger partial charge >= 0.3 is 5.97 Å². The Labute approximate surface area is 108 Å². The number of nitrogens with zero attached hydrogens (tertiary/aromatic N) is 1. The third-order valence-electron chi connectivity index (χ3n) is 3.11. The molecule has 18 heavy (non-hydrogen) atoms. The molecule has 0 aromatic carbocycles. The number of ether oxygens (including phenoxy) is 2. The Balaban J connectivity index is 2.44. The molecule has 1 unspecified atom stereocenters. The molecule has 0 bridgehead atoms. The summed E-state index contributed by atoms with van der Waals surface area (Å²) in [6.07, 6.45) is 3.91. The topological polar surface area (TPSA) is 55.8 Å². The Bertz CT molecular complexity index is 280. The van der Waals surface area contributed by atoms with Crippen LogP contribution in [0.25, 0.3) is 0 Å². The quantitative estimate of drug-likeness (QED) is 0.532. The molecule has 1 atom stereocenters. The molecule has 104 valence electrons. The first-order valence-corrected chi connectivity index (χ1v) is 6.65. The molecule has 0 spiro atoms. The zero-order valence-electron chi connectivity index (χ0n) is 11.3. The van der Waals surface area contributed by atoms with Crippen molar-refractivity contribution in [3.05, 3.63) is 0 Å². The van der Waals surface area contributed by atoms with Crippen LogP contribution in [0.2, 0.25) is 0 Å². The molecule has 1 heterocycles. The summed E-state index contributed by atoms with van der Waals surface area (Å²) in [4.78, 5) is 25.3. The zero-order valence-corrected chi connectivity index (χ0v) is 11.3. The summed E-state index contributed by atoms with van der Waals surface area (Å²) in [5.74, 6) is -0.321. The van der Waals surface area contributed by atoms with Crippen molar-refractivity contribution in [1.29, 1.82) is 0 Å². The third kappa shape index (κ3) is 4.29. The highest BCUT2D eigenvalue weighted by molar-refractivity contribution is 5.84. The fraction of sp³-hybridized carbons (Fsp3) is 0.846. The number of amides is 1. The van der Waals surface area contributed by atoms with E-state index in [2.05, 4.69) is 0 Å². The van der Waals surface area contributed by atoms with Crippen LogP contribution in [0.1, 0.15) is 39.0 Å². The van der Waals surface area contributed by atoms with Crippen molar-refractivity contribution in [2.75, 3.05) is 26.9 Å². The summed E-state index contributed by atoms with van der Waals surface area (Å²) in [6.45, 7) is 3.77. The van der Waals surface area contributed by atoms with Crippen LogP contribution in [0.3, 0.4) is 0 Å². The predicted molar refractivity (Wildman–Crippen MR) is 67.1 cm³/mol. The summed E-state index contributed by atoms with van der Waals surface area (Å²) in [5.41, 5.74) is 0. The van der Waals surface area contributed by atoms with Gasteiger partial charge in [-0.3, -0.25) is 4.79 Å². The van der Waals surface area contributed by atoms with Crippen LogP contribution >= 0.6 is 0 Å². The molecule has 0 N–H and O–H groups in total. The lowest BCUT2D eigenvalue weighted by Crippen LogP contribution is -2.48. The maximum atomic E-state index is 12.0. The van der Waals surface area contributed by atoms with E-state index in [0.29, 0.717) is 32.6 Å². The van der Waals surface area contributed by atoms with Gasteiger partial charge in [-0.1, -0.05) is 6.92 Å². The van der Waals surface area contributed by atoms with Crippen molar-refractivity contribution >= 4 is 11.9 Å². The van der Waals surface area contributed by atoms with Crippen molar-refractivity contribution in [3.8, 4) is 0 Å². The van der Waals surface area contributed by atoms with Crippen molar-refractivity contribution < 1.29 is 19.1 Å². The van der Waals surface area contributed by atoms with E-state index in [1.165, 1.54) is 7.11 Å². The molecule has 5 heteroatoms. The highest BCUT2D eigenvalue weighted by Gasteiger charge is 2.32. The van der Waals surface area contributed by atoms with Gasteiger partial charge in [0, 0.05) is 13.2 Å². The minimum atomic E-state index is -0.401. The number of hydrogen-bond donors (Lipinski definition) is 0. The standard InChI is InChI=1S/C13H23NO4/c1-3-9-18-10-7-12(15)14-8-5-4-6-11(14)13(16)17-2/h11H,3-10H2,1-2H3. The molecule has 5 nitrogen and oxygen atoms in total. The lowest BCUT2D eigenvalue weighted by Gasteiger charge is -2.33. The van der Waals surface area contributed by atoms with Gasteiger partial charge in [-0.2, -0.15) is 0 Å². The third-order valence-corrected chi connectivity index (χ3v) is 3.11. The smallest absolute Gasteiger partial charge is 0.328 e. The molecule has 1 aliphatic rings. The second-order valence-corrected chi connectivity index (χ2v) is 4.48. The largest absolute Gasteiger partial charge is 0.467 e. The van der Waals surface area contributed by atoms with Crippen LogP contribution in [0.4, 0.5) is 0 Å².